The standard InChI is InChI=1S/C16H11ClN4O3S2/c17-10-6-7-12(13(8-10)21(23)24)15(22)18-16-20-19-14(26-16)9-25-11-4-2-1-3-5-11/h1-8H,9H2,(H,18,20,22). The molecule has 132 valence electrons. The van der Waals surface area contributed by atoms with Crippen molar-refractivity contribution in [3.63, 3.8) is 0 Å². The number of benzene rings is 2. The van der Waals surface area contributed by atoms with Crippen LogP contribution in [0.4, 0.5) is 10.8 Å². The zero-order valence-corrected chi connectivity index (χ0v) is 15.5. The second-order valence-electron chi connectivity index (χ2n) is 4.98. The van der Waals surface area contributed by atoms with E-state index in [1.165, 1.54) is 23.5 Å². The fraction of sp³-hybridized carbons (Fsp3) is 0.0625. The fourth-order valence-electron chi connectivity index (χ4n) is 2.04. The average molecular weight is 407 g/mol. The summed E-state index contributed by atoms with van der Waals surface area (Å²) >= 11 is 8.58. The quantitative estimate of drug-likeness (QED) is 0.363. The minimum Gasteiger partial charge on any atom is -0.296 e. The Morgan fingerprint density at radius 3 is 2.73 bits per heavy atom. The molecule has 1 aromatic heterocycles. The number of nitro benzene ring substituents is 1. The van der Waals surface area contributed by atoms with Crippen molar-refractivity contribution in [1.29, 1.82) is 0 Å². The molecule has 0 atom stereocenters. The third-order valence-corrected chi connectivity index (χ3v) is 5.47. The number of amides is 1. The summed E-state index contributed by atoms with van der Waals surface area (Å²) in [4.78, 5) is 23.9. The number of nitrogens with zero attached hydrogens (tertiary/aromatic N) is 3. The van der Waals surface area contributed by atoms with Crippen LogP contribution in [0, 0.1) is 10.1 Å². The lowest BCUT2D eigenvalue weighted by molar-refractivity contribution is -0.385. The van der Waals surface area contributed by atoms with Crippen molar-refractivity contribution in [3.8, 4) is 0 Å². The van der Waals surface area contributed by atoms with Gasteiger partial charge in [0, 0.05) is 16.0 Å². The van der Waals surface area contributed by atoms with Gasteiger partial charge in [-0.2, -0.15) is 0 Å². The van der Waals surface area contributed by atoms with E-state index in [-0.39, 0.29) is 21.4 Å². The van der Waals surface area contributed by atoms with Crippen LogP contribution in [-0.2, 0) is 5.75 Å². The first-order chi connectivity index (χ1) is 12.5. The molecule has 0 aliphatic heterocycles. The second-order valence-corrected chi connectivity index (χ2v) is 7.52. The van der Waals surface area contributed by atoms with Crippen LogP contribution in [0.15, 0.2) is 53.4 Å². The molecule has 0 saturated heterocycles. The highest BCUT2D eigenvalue weighted by molar-refractivity contribution is 7.98. The predicted molar refractivity (Wildman–Crippen MR) is 102 cm³/mol. The fourth-order valence-corrected chi connectivity index (χ4v) is 3.84. The molecule has 1 N–H and O–H groups in total. The molecule has 7 nitrogen and oxygen atoms in total. The van der Waals surface area contributed by atoms with Gasteiger partial charge in [-0.15, -0.1) is 22.0 Å². The molecule has 0 spiro atoms. The molecule has 1 heterocycles. The Labute approximate surface area is 161 Å². The SMILES string of the molecule is O=C(Nc1nnc(CSc2ccccc2)s1)c1ccc(Cl)cc1[N+](=O)[O-]. The van der Waals surface area contributed by atoms with Gasteiger partial charge in [0.15, 0.2) is 0 Å². The van der Waals surface area contributed by atoms with Crippen LogP contribution in [-0.4, -0.2) is 21.0 Å². The van der Waals surface area contributed by atoms with Crippen LogP contribution >= 0.6 is 34.7 Å². The van der Waals surface area contributed by atoms with E-state index in [4.69, 9.17) is 11.6 Å². The summed E-state index contributed by atoms with van der Waals surface area (Å²) in [5.74, 6) is -0.0228. The molecule has 0 saturated carbocycles. The minimum atomic E-state index is -0.650. The summed E-state index contributed by atoms with van der Waals surface area (Å²) in [5.41, 5.74) is -0.450. The summed E-state index contributed by atoms with van der Waals surface area (Å²) in [6, 6.07) is 13.7. The highest BCUT2D eigenvalue weighted by Gasteiger charge is 2.21. The van der Waals surface area contributed by atoms with Crippen LogP contribution in [0.2, 0.25) is 5.02 Å². The molecule has 0 aliphatic rings. The van der Waals surface area contributed by atoms with Crippen molar-refractivity contribution in [3.05, 3.63) is 74.2 Å². The molecule has 3 aromatic rings. The first-order valence-electron chi connectivity index (χ1n) is 7.28. The summed E-state index contributed by atoms with van der Waals surface area (Å²) in [6.45, 7) is 0. The van der Waals surface area contributed by atoms with E-state index in [1.807, 2.05) is 30.3 Å². The number of hydrogen-bond acceptors (Lipinski definition) is 7. The topological polar surface area (TPSA) is 98.0 Å². The first-order valence-corrected chi connectivity index (χ1v) is 9.46. The van der Waals surface area contributed by atoms with E-state index >= 15 is 0 Å². The van der Waals surface area contributed by atoms with Gasteiger partial charge in [-0.25, -0.2) is 0 Å². The van der Waals surface area contributed by atoms with Crippen molar-refractivity contribution in [2.75, 3.05) is 5.32 Å². The molecule has 26 heavy (non-hydrogen) atoms. The Bertz CT molecular complexity index is 950. The lowest BCUT2D eigenvalue weighted by Gasteiger charge is -2.03. The van der Waals surface area contributed by atoms with Crippen molar-refractivity contribution in [2.45, 2.75) is 10.6 Å². The minimum absolute atomic E-state index is 0.0881. The highest BCUT2D eigenvalue weighted by atomic mass is 35.5. The lowest BCUT2D eigenvalue weighted by Crippen LogP contribution is -2.13. The van der Waals surface area contributed by atoms with Crippen LogP contribution in [0.1, 0.15) is 15.4 Å². The van der Waals surface area contributed by atoms with Gasteiger partial charge >= 0.3 is 0 Å². The maximum atomic E-state index is 12.3. The molecule has 1 amide bonds. The first kappa shape index (κ1) is 18.3. The van der Waals surface area contributed by atoms with Gasteiger partial charge in [0.05, 0.1) is 10.7 Å². The van der Waals surface area contributed by atoms with Gasteiger partial charge in [-0.3, -0.25) is 20.2 Å². The van der Waals surface area contributed by atoms with Crippen LogP contribution in [0.3, 0.4) is 0 Å². The van der Waals surface area contributed by atoms with E-state index < -0.39 is 10.8 Å². The monoisotopic (exact) mass is 406 g/mol. The number of thioether (sulfide) groups is 1. The maximum Gasteiger partial charge on any atom is 0.283 e. The largest absolute Gasteiger partial charge is 0.296 e. The number of halogens is 1. The van der Waals surface area contributed by atoms with E-state index in [2.05, 4.69) is 15.5 Å². The van der Waals surface area contributed by atoms with Crippen LogP contribution in [0.25, 0.3) is 0 Å². The second kappa shape index (κ2) is 8.26. The smallest absolute Gasteiger partial charge is 0.283 e. The van der Waals surface area contributed by atoms with Gasteiger partial charge in [0.2, 0.25) is 5.13 Å². The molecule has 3 rings (SSSR count). The molecule has 0 aliphatic carbocycles. The molecule has 10 heteroatoms. The van der Waals surface area contributed by atoms with Crippen molar-refractivity contribution >= 4 is 51.4 Å². The summed E-state index contributed by atoms with van der Waals surface area (Å²) in [6.07, 6.45) is 0. The van der Waals surface area contributed by atoms with Crippen LogP contribution < -0.4 is 5.32 Å². The average Bonchev–Trinajstić information content (AvgIpc) is 3.08. The van der Waals surface area contributed by atoms with Crippen molar-refractivity contribution in [1.82, 2.24) is 10.2 Å². The van der Waals surface area contributed by atoms with Gasteiger partial charge in [-0.1, -0.05) is 41.1 Å². The number of anilines is 1. The number of carbonyl (C=O) groups is 1. The number of nitro groups is 1. The summed E-state index contributed by atoms with van der Waals surface area (Å²) < 4.78 is 0. The third kappa shape index (κ3) is 4.57. The van der Waals surface area contributed by atoms with Gasteiger partial charge < -0.3 is 0 Å². The zero-order valence-electron chi connectivity index (χ0n) is 13.1. The Morgan fingerprint density at radius 2 is 2.00 bits per heavy atom. The summed E-state index contributed by atoms with van der Waals surface area (Å²) in [7, 11) is 0. The van der Waals surface area contributed by atoms with Crippen LogP contribution in [0.5, 0.6) is 0 Å². The van der Waals surface area contributed by atoms with Gasteiger partial charge in [-0.05, 0) is 24.3 Å². The summed E-state index contributed by atoms with van der Waals surface area (Å²) in [5, 5.41) is 22.8. The zero-order chi connectivity index (χ0) is 18.5. The number of aromatic nitrogens is 2. The number of rotatable bonds is 6. The lowest BCUT2D eigenvalue weighted by atomic mass is 10.1. The van der Waals surface area contributed by atoms with E-state index in [0.717, 1.165) is 16.0 Å². The molecule has 0 radical (unpaired) electrons. The molecule has 0 unspecified atom stereocenters. The number of carbonyl (C=O) groups excluding carboxylic acids is 1. The Kier molecular flexibility index (Phi) is 5.82. The Morgan fingerprint density at radius 1 is 1.23 bits per heavy atom. The van der Waals surface area contributed by atoms with Crippen molar-refractivity contribution < 1.29 is 9.72 Å². The molecule has 0 fully saturated rings. The molecule has 2 aromatic carbocycles. The van der Waals surface area contributed by atoms with Gasteiger partial charge in [0.1, 0.15) is 10.6 Å². The van der Waals surface area contributed by atoms with Gasteiger partial charge in [0.25, 0.3) is 11.6 Å². The predicted octanol–water partition coefficient (Wildman–Crippen LogP) is 4.64. The number of hydrogen-bond donors (Lipinski definition) is 1. The Balaban J connectivity index is 1.67. The molecule has 0 bridgehead atoms. The molecular formula is C16H11ClN4O3S2. The van der Waals surface area contributed by atoms with E-state index in [9.17, 15) is 14.9 Å². The number of nitrogens with one attached hydrogen (secondary N) is 1. The van der Waals surface area contributed by atoms with E-state index in [0.29, 0.717) is 5.75 Å². The maximum absolute atomic E-state index is 12.3. The van der Waals surface area contributed by atoms with E-state index in [1.54, 1.807) is 11.8 Å². The third-order valence-electron chi connectivity index (χ3n) is 3.19. The van der Waals surface area contributed by atoms with Crippen molar-refractivity contribution in [2.24, 2.45) is 0 Å². The normalized spacial score (nSPS) is 10.5. The molecular weight excluding hydrogens is 396 g/mol. The highest BCUT2D eigenvalue weighted by Crippen LogP contribution is 2.27. The Hall–Kier alpha value is -2.49.